The van der Waals surface area contributed by atoms with Crippen molar-refractivity contribution in [2.24, 2.45) is 17.6 Å². The first-order valence-corrected chi connectivity index (χ1v) is 6.95. The number of nitrogens with zero attached hydrogens (tertiary/aromatic N) is 3. The molecule has 2 rings (SSSR count). The van der Waals surface area contributed by atoms with Crippen molar-refractivity contribution >= 4 is 5.91 Å². The zero-order valence-electron chi connectivity index (χ0n) is 11.8. The van der Waals surface area contributed by atoms with Crippen LogP contribution in [0.25, 0.3) is 0 Å². The van der Waals surface area contributed by atoms with Crippen molar-refractivity contribution in [2.45, 2.75) is 52.2 Å². The molecule has 4 atom stereocenters. The fourth-order valence-electron chi connectivity index (χ4n) is 3.21. The Balaban J connectivity index is 2.17. The van der Waals surface area contributed by atoms with E-state index < -0.39 is 0 Å². The molecule has 4 unspecified atom stereocenters. The molecule has 1 aliphatic heterocycles. The van der Waals surface area contributed by atoms with Gasteiger partial charge in [0.1, 0.15) is 12.2 Å². The van der Waals surface area contributed by atoms with Gasteiger partial charge >= 0.3 is 0 Å². The largest absolute Gasteiger partial charge is 0.369 e. The number of aromatic nitrogens is 3. The number of carbonyl (C=O) groups is 1. The van der Waals surface area contributed by atoms with E-state index in [1.807, 2.05) is 11.6 Å². The Morgan fingerprint density at radius 3 is 2.95 bits per heavy atom. The van der Waals surface area contributed by atoms with Crippen LogP contribution in [-0.2, 0) is 17.8 Å². The zero-order valence-corrected chi connectivity index (χ0v) is 11.8. The molecule has 0 spiro atoms. The van der Waals surface area contributed by atoms with Crippen molar-refractivity contribution in [3.8, 4) is 0 Å². The lowest BCUT2D eigenvalue weighted by atomic mass is 9.77. The summed E-state index contributed by atoms with van der Waals surface area (Å²) in [6, 6.07) is 0.444. The van der Waals surface area contributed by atoms with Crippen LogP contribution in [0.2, 0.25) is 0 Å². The van der Waals surface area contributed by atoms with Crippen LogP contribution in [0.3, 0.4) is 0 Å². The third-order valence-corrected chi connectivity index (χ3v) is 4.00. The number of hydrogen-bond acceptors (Lipinski definition) is 4. The molecule has 1 aromatic heterocycles. The number of nitrogens with two attached hydrogens (primary N) is 1. The molecule has 0 aliphatic carbocycles. The number of carbonyl (C=O) groups excluding carboxylic acids is 1. The summed E-state index contributed by atoms with van der Waals surface area (Å²) in [5, 5.41) is 7.66. The summed E-state index contributed by atoms with van der Waals surface area (Å²) in [5.74, 6) is 0.849. The average molecular weight is 265 g/mol. The van der Waals surface area contributed by atoms with Gasteiger partial charge in [0.25, 0.3) is 0 Å². The van der Waals surface area contributed by atoms with Gasteiger partial charge in [-0.05, 0) is 26.2 Å². The van der Waals surface area contributed by atoms with Crippen LogP contribution in [0.4, 0.5) is 0 Å². The molecule has 1 aromatic rings. The smallest absolute Gasteiger partial charge is 0.222 e. The number of nitrogens with one attached hydrogen (secondary N) is 1. The lowest BCUT2D eigenvalue weighted by Gasteiger charge is -2.38. The summed E-state index contributed by atoms with van der Waals surface area (Å²) in [4.78, 5) is 16.0. The SMILES string of the molecule is CCn1ncnc1CC1NC(C)CC(C)C1C(N)=O. The van der Waals surface area contributed by atoms with Crippen molar-refractivity contribution in [2.75, 3.05) is 0 Å². The lowest BCUT2D eigenvalue weighted by molar-refractivity contribution is -0.125. The maximum absolute atomic E-state index is 11.7. The molecule has 0 saturated carbocycles. The summed E-state index contributed by atoms with van der Waals surface area (Å²) in [6.45, 7) is 7.06. The number of primary amides is 1. The van der Waals surface area contributed by atoms with Crippen LogP contribution >= 0.6 is 0 Å². The number of amides is 1. The highest BCUT2D eigenvalue weighted by atomic mass is 16.1. The molecule has 19 heavy (non-hydrogen) atoms. The van der Waals surface area contributed by atoms with Gasteiger partial charge < -0.3 is 11.1 Å². The van der Waals surface area contributed by atoms with Gasteiger partial charge in [-0.2, -0.15) is 5.10 Å². The number of rotatable bonds is 4. The van der Waals surface area contributed by atoms with E-state index in [4.69, 9.17) is 5.73 Å². The molecule has 1 amide bonds. The Morgan fingerprint density at radius 1 is 1.58 bits per heavy atom. The molecule has 2 heterocycles. The van der Waals surface area contributed by atoms with Crippen LogP contribution < -0.4 is 11.1 Å². The molecule has 0 bridgehead atoms. The third kappa shape index (κ3) is 2.94. The minimum absolute atomic E-state index is 0.0470. The van der Waals surface area contributed by atoms with Crippen LogP contribution in [0.5, 0.6) is 0 Å². The van der Waals surface area contributed by atoms with E-state index >= 15 is 0 Å². The molecule has 106 valence electrons. The van der Waals surface area contributed by atoms with Crippen LogP contribution in [0.1, 0.15) is 33.0 Å². The highest BCUT2D eigenvalue weighted by Crippen LogP contribution is 2.27. The number of aryl methyl sites for hydroxylation is 1. The maximum Gasteiger partial charge on any atom is 0.222 e. The predicted octanol–water partition coefficient (Wildman–Crippen LogP) is 0.329. The summed E-state index contributed by atoms with van der Waals surface area (Å²) in [7, 11) is 0. The minimum Gasteiger partial charge on any atom is -0.369 e. The Hall–Kier alpha value is -1.43. The standard InChI is InChI=1S/C13H23N5O/c1-4-18-11(15-7-16-18)6-10-12(13(14)19)8(2)5-9(3)17-10/h7-10,12,17H,4-6H2,1-3H3,(H2,14,19). The minimum atomic E-state index is -0.223. The van der Waals surface area contributed by atoms with Gasteiger partial charge in [0.15, 0.2) is 0 Å². The Morgan fingerprint density at radius 2 is 2.32 bits per heavy atom. The van der Waals surface area contributed by atoms with Crippen LogP contribution in [0, 0.1) is 11.8 Å². The molecular weight excluding hydrogens is 242 g/mol. The van der Waals surface area contributed by atoms with E-state index in [-0.39, 0.29) is 17.9 Å². The summed E-state index contributed by atoms with van der Waals surface area (Å²) >= 11 is 0. The summed E-state index contributed by atoms with van der Waals surface area (Å²) < 4.78 is 1.86. The van der Waals surface area contributed by atoms with Gasteiger partial charge in [0.05, 0.1) is 5.92 Å². The van der Waals surface area contributed by atoms with Crippen molar-refractivity contribution in [3.05, 3.63) is 12.2 Å². The maximum atomic E-state index is 11.7. The highest BCUT2D eigenvalue weighted by molar-refractivity contribution is 5.78. The molecular formula is C13H23N5O. The van der Waals surface area contributed by atoms with Gasteiger partial charge in [0, 0.05) is 25.0 Å². The second kappa shape index (κ2) is 5.69. The van der Waals surface area contributed by atoms with Crippen LogP contribution in [0.15, 0.2) is 6.33 Å². The third-order valence-electron chi connectivity index (χ3n) is 4.00. The van der Waals surface area contributed by atoms with Gasteiger partial charge in [-0.15, -0.1) is 0 Å². The number of piperidine rings is 1. The predicted molar refractivity (Wildman–Crippen MR) is 72.3 cm³/mol. The van der Waals surface area contributed by atoms with Crippen molar-refractivity contribution in [3.63, 3.8) is 0 Å². The zero-order chi connectivity index (χ0) is 14.0. The van der Waals surface area contributed by atoms with Crippen molar-refractivity contribution in [1.82, 2.24) is 20.1 Å². The van der Waals surface area contributed by atoms with E-state index in [1.54, 1.807) is 6.33 Å². The molecule has 3 N–H and O–H groups in total. The quantitative estimate of drug-likeness (QED) is 0.821. The van der Waals surface area contributed by atoms with Crippen LogP contribution in [-0.4, -0.2) is 32.8 Å². The van der Waals surface area contributed by atoms with E-state index in [2.05, 4.69) is 29.2 Å². The molecule has 6 heteroatoms. The number of hydrogen-bond donors (Lipinski definition) is 2. The van der Waals surface area contributed by atoms with Gasteiger partial charge in [-0.3, -0.25) is 9.48 Å². The molecule has 1 fully saturated rings. The molecule has 1 aliphatic rings. The van der Waals surface area contributed by atoms with Gasteiger partial charge in [-0.25, -0.2) is 4.98 Å². The fraction of sp³-hybridized carbons (Fsp3) is 0.769. The Bertz CT molecular complexity index is 444. The normalized spacial score (nSPS) is 31.3. The fourth-order valence-corrected chi connectivity index (χ4v) is 3.21. The van der Waals surface area contributed by atoms with Gasteiger partial charge in [0.2, 0.25) is 5.91 Å². The van der Waals surface area contributed by atoms with Crippen molar-refractivity contribution in [1.29, 1.82) is 0 Å². The first-order chi connectivity index (χ1) is 9.02. The topological polar surface area (TPSA) is 85.8 Å². The Kier molecular flexibility index (Phi) is 4.19. The first-order valence-electron chi connectivity index (χ1n) is 6.95. The first kappa shape index (κ1) is 14.0. The second-order valence-corrected chi connectivity index (χ2v) is 5.51. The van der Waals surface area contributed by atoms with E-state index in [0.717, 1.165) is 18.8 Å². The summed E-state index contributed by atoms with van der Waals surface area (Å²) in [6.07, 6.45) is 3.23. The molecule has 1 saturated heterocycles. The molecule has 6 nitrogen and oxygen atoms in total. The molecule has 0 radical (unpaired) electrons. The highest BCUT2D eigenvalue weighted by Gasteiger charge is 2.37. The Labute approximate surface area is 113 Å². The average Bonchev–Trinajstić information content (AvgIpc) is 2.74. The second-order valence-electron chi connectivity index (χ2n) is 5.51. The van der Waals surface area contributed by atoms with Crippen molar-refractivity contribution < 1.29 is 4.79 Å². The molecule has 0 aromatic carbocycles. The van der Waals surface area contributed by atoms with E-state index in [0.29, 0.717) is 18.4 Å². The lowest BCUT2D eigenvalue weighted by Crippen LogP contribution is -2.55. The van der Waals surface area contributed by atoms with E-state index in [1.165, 1.54) is 0 Å². The van der Waals surface area contributed by atoms with E-state index in [9.17, 15) is 4.79 Å². The summed E-state index contributed by atoms with van der Waals surface area (Å²) in [5.41, 5.74) is 5.57. The monoisotopic (exact) mass is 265 g/mol. The van der Waals surface area contributed by atoms with Gasteiger partial charge in [-0.1, -0.05) is 6.92 Å².